The molecule has 0 aromatic heterocycles. The molecule has 4 rings (SSSR count). The summed E-state index contributed by atoms with van der Waals surface area (Å²) in [6.07, 6.45) is -0.460. The number of sulfonamides is 1. The number of amides is 1. The number of nitrogens with one attached hydrogen (secondary N) is 1. The lowest BCUT2D eigenvalue weighted by atomic mass is 9.98. The minimum absolute atomic E-state index is 0.00248. The van der Waals surface area contributed by atoms with Gasteiger partial charge < -0.3 is 19.5 Å². The fourth-order valence-corrected chi connectivity index (χ4v) is 5.26. The predicted octanol–water partition coefficient (Wildman–Crippen LogP) is 2.20. The van der Waals surface area contributed by atoms with Gasteiger partial charge in [-0.2, -0.15) is 4.31 Å². The monoisotopic (exact) mass is 492 g/mol. The zero-order chi connectivity index (χ0) is 24.3. The topological polar surface area (TPSA) is 111 Å². The molecular formula is C23H25FN2O7S. The Labute approximate surface area is 196 Å². The van der Waals surface area contributed by atoms with Crippen molar-refractivity contribution < 1.29 is 36.6 Å². The van der Waals surface area contributed by atoms with Crippen molar-refractivity contribution in [2.24, 2.45) is 5.92 Å². The van der Waals surface area contributed by atoms with Gasteiger partial charge in [0, 0.05) is 19.6 Å². The summed E-state index contributed by atoms with van der Waals surface area (Å²) >= 11 is 0. The van der Waals surface area contributed by atoms with Gasteiger partial charge in [-0.25, -0.2) is 12.8 Å². The number of fused-ring (bicyclic) bond motifs is 1. The van der Waals surface area contributed by atoms with Crippen LogP contribution in [-0.2, 0) is 30.9 Å². The summed E-state index contributed by atoms with van der Waals surface area (Å²) in [4.78, 5) is 24.9. The summed E-state index contributed by atoms with van der Waals surface area (Å²) in [6.45, 7) is 2.14. The van der Waals surface area contributed by atoms with Gasteiger partial charge in [0.05, 0.1) is 10.8 Å². The molecule has 9 nitrogen and oxygen atoms in total. The molecule has 0 spiro atoms. The number of piperidine rings is 1. The van der Waals surface area contributed by atoms with Crippen molar-refractivity contribution in [1.82, 2.24) is 9.62 Å². The molecule has 0 saturated carbocycles. The number of esters is 1. The molecule has 11 heteroatoms. The molecule has 1 saturated heterocycles. The number of carbonyl (C=O) groups excluding carboxylic acids is 2. The van der Waals surface area contributed by atoms with Gasteiger partial charge in [-0.05, 0) is 61.7 Å². The Balaban J connectivity index is 1.24. The molecule has 0 radical (unpaired) electrons. The van der Waals surface area contributed by atoms with Crippen LogP contribution in [0, 0.1) is 11.7 Å². The molecule has 2 aromatic rings. The van der Waals surface area contributed by atoms with Crippen molar-refractivity contribution in [3.05, 3.63) is 53.8 Å². The fraction of sp³-hybridized carbons (Fsp3) is 0.391. The van der Waals surface area contributed by atoms with Crippen molar-refractivity contribution in [3.63, 3.8) is 0 Å². The van der Waals surface area contributed by atoms with E-state index in [0.717, 1.165) is 17.7 Å². The van der Waals surface area contributed by atoms with E-state index >= 15 is 0 Å². The number of hydrogen-bond acceptors (Lipinski definition) is 7. The van der Waals surface area contributed by atoms with Gasteiger partial charge >= 0.3 is 5.97 Å². The number of carbonyl (C=O) groups is 2. The number of benzene rings is 2. The molecule has 1 atom stereocenters. The van der Waals surface area contributed by atoms with E-state index < -0.39 is 39.7 Å². The third-order valence-electron chi connectivity index (χ3n) is 5.80. The van der Waals surface area contributed by atoms with Gasteiger partial charge in [-0.3, -0.25) is 9.59 Å². The van der Waals surface area contributed by atoms with Gasteiger partial charge in [-0.1, -0.05) is 6.07 Å². The summed E-state index contributed by atoms with van der Waals surface area (Å²) < 4.78 is 55.7. The van der Waals surface area contributed by atoms with E-state index in [-0.39, 0.29) is 44.2 Å². The number of ether oxygens (including phenoxy) is 3. The Hall–Kier alpha value is -3.18. The molecule has 2 aliphatic heterocycles. The van der Waals surface area contributed by atoms with Crippen molar-refractivity contribution in [2.45, 2.75) is 37.3 Å². The van der Waals surface area contributed by atoms with Crippen LogP contribution in [0.1, 0.15) is 25.3 Å². The van der Waals surface area contributed by atoms with Gasteiger partial charge in [0.1, 0.15) is 5.82 Å². The number of nitrogens with zero attached hydrogens (tertiary/aromatic N) is 1. The number of hydrogen-bond donors (Lipinski definition) is 1. The van der Waals surface area contributed by atoms with Crippen LogP contribution in [0.3, 0.4) is 0 Å². The smallest absolute Gasteiger partial charge is 0.309 e. The van der Waals surface area contributed by atoms with E-state index in [2.05, 4.69) is 5.32 Å². The third kappa shape index (κ3) is 5.31. The molecule has 1 amide bonds. The van der Waals surface area contributed by atoms with Crippen LogP contribution in [0.5, 0.6) is 11.5 Å². The number of rotatable bonds is 7. The number of halogens is 1. The second kappa shape index (κ2) is 9.98. The third-order valence-corrected chi connectivity index (χ3v) is 7.72. The first-order chi connectivity index (χ1) is 16.2. The van der Waals surface area contributed by atoms with Crippen LogP contribution in [0.15, 0.2) is 47.4 Å². The summed E-state index contributed by atoms with van der Waals surface area (Å²) in [5.41, 5.74) is 0.811. The molecular weight excluding hydrogens is 467 g/mol. The van der Waals surface area contributed by atoms with Crippen LogP contribution in [0.2, 0.25) is 0 Å². The first-order valence-electron chi connectivity index (χ1n) is 10.9. The van der Waals surface area contributed by atoms with Crippen LogP contribution < -0.4 is 14.8 Å². The van der Waals surface area contributed by atoms with E-state index in [0.29, 0.717) is 11.5 Å². The Bertz CT molecular complexity index is 1160. The van der Waals surface area contributed by atoms with Crippen molar-refractivity contribution in [2.75, 3.05) is 19.9 Å². The molecule has 2 aliphatic rings. The predicted molar refractivity (Wildman–Crippen MR) is 118 cm³/mol. The average molecular weight is 493 g/mol. The highest BCUT2D eigenvalue weighted by atomic mass is 32.2. The van der Waals surface area contributed by atoms with E-state index in [9.17, 15) is 22.4 Å². The SMILES string of the molecule is C[C@H](OC(=O)C1CCN(S(=O)(=O)c2ccc(F)cc2)CC1)C(=O)NCc1ccc2c(c1)OCO2. The Morgan fingerprint density at radius 3 is 2.50 bits per heavy atom. The van der Waals surface area contributed by atoms with Crippen LogP contribution in [0.25, 0.3) is 0 Å². The fourth-order valence-electron chi connectivity index (χ4n) is 3.80. The molecule has 2 heterocycles. The maximum Gasteiger partial charge on any atom is 0.309 e. The maximum absolute atomic E-state index is 13.1. The summed E-state index contributed by atoms with van der Waals surface area (Å²) in [7, 11) is -3.77. The first kappa shape index (κ1) is 24.0. The van der Waals surface area contributed by atoms with Gasteiger partial charge in [-0.15, -0.1) is 0 Å². The van der Waals surface area contributed by atoms with Crippen LogP contribution in [0.4, 0.5) is 4.39 Å². The molecule has 182 valence electrons. The standard InChI is InChI=1S/C23H25FN2O7S/c1-15(22(27)25-13-16-2-7-20-21(12-16)32-14-31-20)33-23(28)17-8-10-26(11-9-17)34(29,30)19-5-3-18(24)4-6-19/h2-7,12,15,17H,8-11,13-14H2,1H3,(H,25,27)/t15-/m0/s1. The van der Waals surface area contributed by atoms with Crippen molar-refractivity contribution in [3.8, 4) is 11.5 Å². The zero-order valence-electron chi connectivity index (χ0n) is 18.5. The normalized spacial score (nSPS) is 17.2. The second-order valence-electron chi connectivity index (χ2n) is 8.12. The van der Waals surface area contributed by atoms with E-state index in [1.807, 2.05) is 0 Å². The second-order valence-corrected chi connectivity index (χ2v) is 10.1. The lowest BCUT2D eigenvalue weighted by Gasteiger charge is -2.30. The molecule has 2 aromatic carbocycles. The molecule has 0 unspecified atom stereocenters. The highest BCUT2D eigenvalue weighted by molar-refractivity contribution is 7.89. The van der Waals surface area contributed by atoms with E-state index in [4.69, 9.17) is 14.2 Å². The Kier molecular flexibility index (Phi) is 7.03. The molecule has 34 heavy (non-hydrogen) atoms. The minimum Gasteiger partial charge on any atom is -0.454 e. The average Bonchev–Trinajstić information content (AvgIpc) is 3.30. The Morgan fingerprint density at radius 2 is 1.79 bits per heavy atom. The first-order valence-corrected chi connectivity index (χ1v) is 12.3. The molecule has 1 N–H and O–H groups in total. The molecule has 0 aliphatic carbocycles. The van der Waals surface area contributed by atoms with Crippen molar-refractivity contribution in [1.29, 1.82) is 0 Å². The Morgan fingerprint density at radius 1 is 1.12 bits per heavy atom. The summed E-state index contributed by atoms with van der Waals surface area (Å²) in [5.74, 6) is -0.752. The summed E-state index contributed by atoms with van der Waals surface area (Å²) in [6, 6.07) is 9.96. The highest BCUT2D eigenvalue weighted by Crippen LogP contribution is 2.32. The molecule has 1 fully saturated rings. The largest absolute Gasteiger partial charge is 0.454 e. The van der Waals surface area contributed by atoms with Gasteiger partial charge in [0.2, 0.25) is 16.8 Å². The van der Waals surface area contributed by atoms with Crippen LogP contribution in [-0.4, -0.2) is 50.6 Å². The van der Waals surface area contributed by atoms with Crippen molar-refractivity contribution >= 4 is 21.9 Å². The van der Waals surface area contributed by atoms with E-state index in [1.165, 1.54) is 23.4 Å². The van der Waals surface area contributed by atoms with Gasteiger partial charge in [0.25, 0.3) is 5.91 Å². The minimum atomic E-state index is -3.77. The lowest BCUT2D eigenvalue weighted by Crippen LogP contribution is -2.42. The maximum atomic E-state index is 13.1. The lowest BCUT2D eigenvalue weighted by molar-refractivity contribution is -0.159. The quantitative estimate of drug-likeness (QED) is 0.590. The zero-order valence-corrected chi connectivity index (χ0v) is 19.3. The highest BCUT2D eigenvalue weighted by Gasteiger charge is 2.34. The van der Waals surface area contributed by atoms with Gasteiger partial charge in [0.15, 0.2) is 17.6 Å². The van der Waals surface area contributed by atoms with Crippen LogP contribution >= 0.6 is 0 Å². The molecule has 0 bridgehead atoms. The van der Waals surface area contributed by atoms with E-state index in [1.54, 1.807) is 18.2 Å². The summed E-state index contributed by atoms with van der Waals surface area (Å²) in [5, 5.41) is 2.72.